The van der Waals surface area contributed by atoms with Gasteiger partial charge < -0.3 is 20.7 Å². The lowest BCUT2D eigenvalue weighted by atomic mass is 10.2. The molecular formula is C18H25N5O2S. The van der Waals surface area contributed by atoms with Crippen molar-refractivity contribution in [1.82, 2.24) is 20.9 Å². The minimum Gasteiger partial charge on any atom is -0.497 e. The molecule has 0 unspecified atom stereocenters. The van der Waals surface area contributed by atoms with Gasteiger partial charge in [-0.3, -0.25) is 9.79 Å². The molecule has 3 N–H and O–H groups in total. The van der Waals surface area contributed by atoms with E-state index in [0.29, 0.717) is 30.4 Å². The van der Waals surface area contributed by atoms with Gasteiger partial charge >= 0.3 is 0 Å². The van der Waals surface area contributed by atoms with Crippen LogP contribution in [0, 0.1) is 6.92 Å². The Hall–Kier alpha value is -2.61. The highest BCUT2D eigenvalue weighted by Gasteiger charge is 2.06. The van der Waals surface area contributed by atoms with Gasteiger partial charge in [-0.2, -0.15) is 0 Å². The fraction of sp³-hybridized carbons (Fsp3) is 0.389. The van der Waals surface area contributed by atoms with Gasteiger partial charge in [0.1, 0.15) is 5.75 Å². The van der Waals surface area contributed by atoms with Crippen LogP contribution in [0.5, 0.6) is 5.75 Å². The fourth-order valence-corrected chi connectivity index (χ4v) is 2.92. The van der Waals surface area contributed by atoms with Gasteiger partial charge in [0.2, 0.25) is 0 Å². The Morgan fingerprint density at radius 3 is 2.69 bits per heavy atom. The van der Waals surface area contributed by atoms with Crippen molar-refractivity contribution >= 4 is 23.2 Å². The van der Waals surface area contributed by atoms with Gasteiger partial charge in [0, 0.05) is 44.0 Å². The Kier molecular flexibility index (Phi) is 7.88. The summed E-state index contributed by atoms with van der Waals surface area (Å²) in [5.41, 5.74) is 1.66. The van der Waals surface area contributed by atoms with Crippen molar-refractivity contribution in [2.75, 3.05) is 33.8 Å². The summed E-state index contributed by atoms with van der Waals surface area (Å²) in [5.74, 6) is 1.23. The quantitative estimate of drug-likeness (QED) is 0.371. The first kappa shape index (κ1) is 19.7. The number of nitrogens with zero attached hydrogens (tertiary/aromatic N) is 2. The Labute approximate surface area is 157 Å². The summed E-state index contributed by atoms with van der Waals surface area (Å²) < 4.78 is 5.13. The topological polar surface area (TPSA) is 87.6 Å². The predicted molar refractivity (Wildman–Crippen MR) is 105 cm³/mol. The first-order chi connectivity index (χ1) is 12.6. The summed E-state index contributed by atoms with van der Waals surface area (Å²) >= 11 is 1.66. The molecule has 26 heavy (non-hydrogen) atoms. The van der Waals surface area contributed by atoms with Crippen LogP contribution in [0.15, 0.2) is 34.6 Å². The number of guanidine groups is 1. The zero-order valence-corrected chi connectivity index (χ0v) is 16.2. The molecule has 0 aliphatic heterocycles. The van der Waals surface area contributed by atoms with Gasteiger partial charge in [-0.05, 0) is 25.1 Å². The van der Waals surface area contributed by atoms with E-state index in [0.717, 1.165) is 23.7 Å². The Morgan fingerprint density at radius 1 is 1.23 bits per heavy atom. The van der Waals surface area contributed by atoms with Gasteiger partial charge in [0.25, 0.3) is 5.91 Å². The van der Waals surface area contributed by atoms with E-state index in [-0.39, 0.29) is 5.91 Å². The van der Waals surface area contributed by atoms with E-state index in [1.165, 1.54) is 0 Å². The number of aromatic nitrogens is 1. The molecule has 0 atom stereocenters. The molecule has 0 saturated carbocycles. The highest BCUT2D eigenvalue weighted by Crippen LogP contribution is 2.12. The predicted octanol–water partition coefficient (Wildman–Crippen LogP) is 1.60. The summed E-state index contributed by atoms with van der Waals surface area (Å²) in [5, 5.41) is 12.4. The molecule has 2 rings (SSSR count). The summed E-state index contributed by atoms with van der Waals surface area (Å²) in [6.07, 6.45) is 0.845. The first-order valence-corrected chi connectivity index (χ1v) is 9.28. The fourth-order valence-electron chi connectivity index (χ4n) is 2.28. The summed E-state index contributed by atoms with van der Waals surface area (Å²) in [6, 6.07) is 7.07. The lowest BCUT2D eigenvalue weighted by molar-refractivity contribution is 0.0954. The van der Waals surface area contributed by atoms with Gasteiger partial charge in [0.05, 0.1) is 17.8 Å². The largest absolute Gasteiger partial charge is 0.497 e. The maximum atomic E-state index is 12.1. The van der Waals surface area contributed by atoms with Crippen LogP contribution in [0.1, 0.15) is 21.1 Å². The first-order valence-electron chi connectivity index (χ1n) is 8.40. The van der Waals surface area contributed by atoms with Crippen molar-refractivity contribution in [1.29, 1.82) is 0 Å². The van der Waals surface area contributed by atoms with E-state index in [9.17, 15) is 4.79 Å². The van der Waals surface area contributed by atoms with E-state index in [4.69, 9.17) is 4.74 Å². The molecule has 0 radical (unpaired) electrons. The van der Waals surface area contributed by atoms with E-state index < -0.39 is 0 Å². The van der Waals surface area contributed by atoms with Crippen molar-refractivity contribution in [2.24, 2.45) is 4.99 Å². The monoisotopic (exact) mass is 375 g/mol. The standard InChI is InChI=1S/C18H25N5O2S/c1-13-23-15(12-26-13)7-8-21-18(19-2)22-10-9-20-17(24)14-5-4-6-16(11-14)25-3/h4-6,11-12H,7-10H2,1-3H3,(H,20,24)(H2,19,21,22). The van der Waals surface area contributed by atoms with Crippen LogP contribution in [0.4, 0.5) is 0 Å². The zero-order chi connectivity index (χ0) is 18.8. The summed E-state index contributed by atoms with van der Waals surface area (Å²) in [6.45, 7) is 3.81. The number of nitrogens with one attached hydrogen (secondary N) is 3. The number of hydrogen-bond acceptors (Lipinski definition) is 5. The van der Waals surface area contributed by atoms with Crippen molar-refractivity contribution in [3.05, 3.63) is 45.9 Å². The Morgan fingerprint density at radius 2 is 2.00 bits per heavy atom. The number of aryl methyl sites for hydroxylation is 1. The normalized spacial score (nSPS) is 11.1. The number of hydrogen-bond donors (Lipinski definition) is 3. The number of thiazole rings is 1. The molecule has 0 bridgehead atoms. The molecule has 1 amide bonds. The zero-order valence-electron chi connectivity index (χ0n) is 15.3. The number of amides is 1. The Balaban J connectivity index is 1.66. The maximum Gasteiger partial charge on any atom is 0.251 e. The van der Waals surface area contributed by atoms with E-state index in [1.54, 1.807) is 49.8 Å². The van der Waals surface area contributed by atoms with Crippen molar-refractivity contribution in [3.63, 3.8) is 0 Å². The van der Waals surface area contributed by atoms with Crippen LogP contribution in [0.2, 0.25) is 0 Å². The van der Waals surface area contributed by atoms with Crippen LogP contribution in [-0.2, 0) is 6.42 Å². The van der Waals surface area contributed by atoms with E-state index >= 15 is 0 Å². The third-order valence-electron chi connectivity index (χ3n) is 3.60. The smallest absolute Gasteiger partial charge is 0.251 e. The molecule has 8 heteroatoms. The molecule has 0 fully saturated rings. The molecule has 2 aromatic rings. The molecule has 1 heterocycles. The number of methoxy groups -OCH3 is 1. The second-order valence-electron chi connectivity index (χ2n) is 5.52. The number of ether oxygens (including phenoxy) is 1. The molecule has 0 spiro atoms. The van der Waals surface area contributed by atoms with E-state index in [1.807, 2.05) is 6.92 Å². The van der Waals surface area contributed by atoms with E-state index in [2.05, 4.69) is 31.3 Å². The van der Waals surface area contributed by atoms with Crippen molar-refractivity contribution in [2.45, 2.75) is 13.3 Å². The average Bonchev–Trinajstić information content (AvgIpc) is 3.08. The van der Waals surface area contributed by atoms with Gasteiger partial charge in [-0.1, -0.05) is 6.07 Å². The molecule has 0 aliphatic rings. The minimum atomic E-state index is -0.132. The van der Waals surface area contributed by atoms with Crippen LogP contribution in [0.3, 0.4) is 0 Å². The summed E-state index contributed by atoms with van der Waals surface area (Å²) in [7, 11) is 3.30. The Bertz CT molecular complexity index is 745. The number of rotatable bonds is 8. The van der Waals surface area contributed by atoms with Crippen LogP contribution in [0.25, 0.3) is 0 Å². The second kappa shape index (κ2) is 10.4. The third-order valence-corrected chi connectivity index (χ3v) is 4.42. The summed E-state index contributed by atoms with van der Waals surface area (Å²) in [4.78, 5) is 20.7. The van der Waals surface area contributed by atoms with Gasteiger partial charge in [0.15, 0.2) is 5.96 Å². The highest BCUT2D eigenvalue weighted by atomic mass is 32.1. The van der Waals surface area contributed by atoms with Crippen LogP contribution in [-0.4, -0.2) is 50.6 Å². The molecule has 140 valence electrons. The molecule has 7 nitrogen and oxygen atoms in total. The van der Waals surface area contributed by atoms with Crippen LogP contribution < -0.4 is 20.7 Å². The van der Waals surface area contributed by atoms with Crippen molar-refractivity contribution in [3.8, 4) is 5.75 Å². The number of carbonyl (C=O) groups excluding carboxylic acids is 1. The number of benzene rings is 1. The maximum absolute atomic E-state index is 12.1. The number of aliphatic imine (C=N–C) groups is 1. The lowest BCUT2D eigenvalue weighted by Crippen LogP contribution is -2.42. The van der Waals surface area contributed by atoms with Gasteiger partial charge in [-0.25, -0.2) is 4.98 Å². The minimum absolute atomic E-state index is 0.132. The van der Waals surface area contributed by atoms with Crippen LogP contribution >= 0.6 is 11.3 Å². The third kappa shape index (κ3) is 6.36. The second-order valence-corrected chi connectivity index (χ2v) is 6.58. The SMILES string of the molecule is CN=C(NCCNC(=O)c1cccc(OC)c1)NCCc1csc(C)n1. The molecule has 0 aliphatic carbocycles. The number of carbonyl (C=O) groups is 1. The highest BCUT2D eigenvalue weighted by molar-refractivity contribution is 7.09. The van der Waals surface area contributed by atoms with Gasteiger partial charge in [-0.15, -0.1) is 11.3 Å². The molecule has 1 aromatic carbocycles. The lowest BCUT2D eigenvalue weighted by Gasteiger charge is -2.12. The molecule has 1 aromatic heterocycles. The average molecular weight is 375 g/mol. The van der Waals surface area contributed by atoms with Crippen molar-refractivity contribution < 1.29 is 9.53 Å². The molecular weight excluding hydrogens is 350 g/mol. The molecule has 0 saturated heterocycles.